The van der Waals surface area contributed by atoms with Crippen LogP contribution in [-0.4, -0.2) is 37.3 Å². The lowest BCUT2D eigenvalue weighted by Crippen LogP contribution is -2.38. The Morgan fingerprint density at radius 2 is 2.00 bits per heavy atom. The standard InChI is InChI=1S/C18H18ClF3N4O2/c19-15-4-3-13(10-14(15)18(20,21)22)25-17(27)24-11-12-2-1-5-23-16(12)26-6-8-28-9-7-26/h1-5,10H,6-9,11H2,(H2,24,25,27). The van der Waals surface area contributed by atoms with Crippen molar-refractivity contribution in [2.45, 2.75) is 12.7 Å². The second-order valence-electron chi connectivity index (χ2n) is 6.09. The number of morpholine rings is 1. The molecular weight excluding hydrogens is 397 g/mol. The number of carbonyl (C=O) groups excluding carboxylic acids is 1. The van der Waals surface area contributed by atoms with Crippen LogP contribution in [0.15, 0.2) is 36.5 Å². The zero-order chi connectivity index (χ0) is 20.1. The van der Waals surface area contributed by atoms with Gasteiger partial charge in [0.2, 0.25) is 0 Å². The third-order valence-corrected chi connectivity index (χ3v) is 4.48. The minimum Gasteiger partial charge on any atom is -0.378 e. The lowest BCUT2D eigenvalue weighted by molar-refractivity contribution is -0.137. The maximum absolute atomic E-state index is 12.9. The van der Waals surface area contributed by atoms with Crippen molar-refractivity contribution in [2.24, 2.45) is 0 Å². The predicted molar refractivity (Wildman–Crippen MR) is 99.6 cm³/mol. The van der Waals surface area contributed by atoms with E-state index >= 15 is 0 Å². The summed E-state index contributed by atoms with van der Waals surface area (Å²) in [5, 5.41) is 4.60. The molecule has 2 amide bonds. The summed E-state index contributed by atoms with van der Waals surface area (Å²) in [4.78, 5) is 18.6. The van der Waals surface area contributed by atoms with E-state index in [4.69, 9.17) is 16.3 Å². The van der Waals surface area contributed by atoms with Crippen LogP contribution in [0.1, 0.15) is 11.1 Å². The fourth-order valence-corrected chi connectivity index (χ4v) is 3.02. The van der Waals surface area contributed by atoms with Gasteiger partial charge in [0.1, 0.15) is 5.82 Å². The molecule has 150 valence electrons. The second-order valence-corrected chi connectivity index (χ2v) is 6.49. The molecule has 6 nitrogen and oxygen atoms in total. The summed E-state index contributed by atoms with van der Waals surface area (Å²) in [7, 11) is 0. The number of nitrogens with zero attached hydrogens (tertiary/aromatic N) is 2. The van der Waals surface area contributed by atoms with Gasteiger partial charge >= 0.3 is 12.2 Å². The van der Waals surface area contributed by atoms with E-state index in [1.165, 1.54) is 6.07 Å². The number of anilines is 2. The molecule has 1 aliphatic rings. The Hall–Kier alpha value is -2.52. The van der Waals surface area contributed by atoms with E-state index in [0.29, 0.717) is 26.3 Å². The summed E-state index contributed by atoms with van der Waals surface area (Å²) in [6.07, 6.45) is -2.94. The van der Waals surface area contributed by atoms with Gasteiger partial charge in [0, 0.05) is 37.1 Å². The SMILES string of the molecule is O=C(NCc1cccnc1N1CCOCC1)Nc1ccc(Cl)c(C(F)(F)F)c1. The van der Waals surface area contributed by atoms with Gasteiger partial charge in [-0.2, -0.15) is 13.2 Å². The molecule has 0 spiro atoms. The van der Waals surface area contributed by atoms with Crippen molar-refractivity contribution < 1.29 is 22.7 Å². The molecule has 0 bridgehead atoms. The highest BCUT2D eigenvalue weighted by molar-refractivity contribution is 6.31. The maximum Gasteiger partial charge on any atom is 0.417 e. The van der Waals surface area contributed by atoms with Gasteiger partial charge in [-0.3, -0.25) is 0 Å². The number of carbonyl (C=O) groups is 1. The number of ether oxygens (including phenoxy) is 1. The van der Waals surface area contributed by atoms with Crippen LogP contribution in [0.4, 0.5) is 29.5 Å². The van der Waals surface area contributed by atoms with Crippen LogP contribution in [0.5, 0.6) is 0 Å². The van der Waals surface area contributed by atoms with Gasteiger partial charge in [-0.05, 0) is 24.3 Å². The quantitative estimate of drug-likeness (QED) is 0.796. The van der Waals surface area contributed by atoms with E-state index in [-0.39, 0.29) is 12.2 Å². The number of halogens is 4. The molecule has 0 atom stereocenters. The predicted octanol–water partition coefficient (Wildman–Crippen LogP) is 3.91. The Morgan fingerprint density at radius 3 is 2.71 bits per heavy atom. The number of hydrogen-bond acceptors (Lipinski definition) is 4. The maximum atomic E-state index is 12.9. The van der Waals surface area contributed by atoms with Gasteiger partial charge < -0.3 is 20.3 Å². The van der Waals surface area contributed by atoms with Crippen molar-refractivity contribution in [2.75, 3.05) is 36.5 Å². The lowest BCUT2D eigenvalue weighted by Gasteiger charge is -2.29. The fourth-order valence-electron chi connectivity index (χ4n) is 2.80. The molecule has 3 rings (SSSR count). The van der Waals surface area contributed by atoms with Crippen LogP contribution < -0.4 is 15.5 Å². The van der Waals surface area contributed by atoms with Gasteiger partial charge in [0.05, 0.1) is 23.8 Å². The number of hydrogen-bond donors (Lipinski definition) is 2. The van der Waals surface area contributed by atoms with Crippen molar-refractivity contribution in [1.82, 2.24) is 10.3 Å². The summed E-state index contributed by atoms with van der Waals surface area (Å²) in [5.74, 6) is 0.747. The molecule has 0 aliphatic carbocycles. The second kappa shape index (κ2) is 8.66. The molecule has 2 heterocycles. The highest BCUT2D eigenvalue weighted by Crippen LogP contribution is 2.36. The first-order chi connectivity index (χ1) is 13.3. The highest BCUT2D eigenvalue weighted by atomic mass is 35.5. The Kier molecular flexibility index (Phi) is 6.25. The highest BCUT2D eigenvalue weighted by Gasteiger charge is 2.33. The van der Waals surface area contributed by atoms with Gasteiger partial charge in [-0.15, -0.1) is 0 Å². The smallest absolute Gasteiger partial charge is 0.378 e. The Balaban J connectivity index is 1.64. The minimum absolute atomic E-state index is 0.00573. The molecule has 0 radical (unpaired) electrons. The first-order valence-corrected chi connectivity index (χ1v) is 8.90. The number of urea groups is 1. The average molecular weight is 415 g/mol. The first-order valence-electron chi connectivity index (χ1n) is 8.53. The summed E-state index contributed by atoms with van der Waals surface area (Å²) in [5.41, 5.74) is -0.214. The monoisotopic (exact) mass is 414 g/mol. The number of rotatable bonds is 4. The summed E-state index contributed by atoms with van der Waals surface area (Å²) < 4.78 is 44.1. The zero-order valence-electron chi connectivity index (χ0n) is 14.7. The molecule has 1 aromatic carbocycles. The molecule has 28 heavy (non-hydrogen) atoms. The van der Waals surface area contributed by atoms with E-state index in [1.807, 2.05) is 6.07 Å². The van der Waals surface area contributed by atoms with Crippen LogP contribution in [0, 0.1) is 0 Å². The average Bonchev–Trinajstić information content (AvgIpc) is 2.68. The summed E-state index contributed by atoms with van der Waals surface area (Å²) in [6, 6.07) is 6.16. The molecule has 1 aliphatic heterocycles. The summed E-state index contributed by atoms with van der Waals surface area (Å²) in [6.45, 7) is 2.76. The van der Waals surface area contributed by atoms with Crippen molar-refractivity contribution >= 4 is 29.1 Å². The van der Waals surface area contributed by atoms with E-state index < -0.39 is 22.8 Å². The minimum atomic E-state index is -4.60. The molecule has 1 aromatic heterocycles. The third kappa shape index (κ3) is 5.05. The van der Waals surface area contributed by atoms with E-state index in [0.717, 1.165) is 23.5 Å². The molecular formula is C18H18ClF3N4O2. The molecule has 1 fully saturated rings. The lowest BCUT2D eigenvalue weighted by atomic mass is 10.2. The Bertz CT molecular complexity index is 842. The Morgan fingerprint density at radius 1 is 1.25 bits per heavy atom. The summed E-state index contributed by atoms with van der Waals surface area (Å²) >= 11 is 5.58. The van der Waals surface area contributed by atoms with Crippen molar-refractivity contribution in [1.29, 1.82) is 0 Å². The topological polar surface area (TPSA) is 66.5 Å². The largest absolute Gasteiger partial charge is 0.417 e. The number of benzene rings is 1. The Labute approximate surface area is 164 Å². The van der Waals surface area contributed by atoms with Gasteiger partial charge in [-0.25, -0.2) is 9.78 Å². The number of alkyl halides is 3. The number of nitrogens with one attached hydrogen (secondary N) is 2. The number of amides is 2. The molecule has 0 saturated carbocycles. The van der Waals surface area contributed by atoms with Gasteiger partial charge in [0.15, 0.2) is 0 Å². The van der Waals surface area contributed by atoms with Crippen LogP contribution >= 0.6 is 11.6 Å². The van der Waals surface area contributed by atoms with E-state index in [9.17, 15) is 18.0 Å². The first kappa shape index (κ1) is 20.2. The van der Waals surface area contributed by atoms with E-state index in [1.54, 1.807) is 12.3 Å². The number of aromatic nitrogens is 1. The van der Waals surface area contributed by atoms with Crippen LogP contribution in [-0.2, 0) is 17.5 Å². The third-order valence-electron chi connectivity index (χ3n) is 4.15. The van der Waals surface area contributed by atoms with Crippen LogP contribution in [0.2, 0.25) is 5.02 Å². The van der Waals surface area contributed by atoms with E-state index in [2.05, 4.69) is 20.5 Å². The zero-order valence-corrected chi connectivity index (χ0v) is 15.5. The molecule has 10 heteroatoms. The van der Waals surface area contributed by atoms with Gasteiger partial charge in [-0.1, -0.05) is 17.7 Å². The van der Waals surface area contributed by atoms with Crippen molar-refractivity contribution in [3.8, 4) is 0 Å². The molecule has 2 aromatic rings. The molecule has 2 N–H and O–H groups in total. The van der Waals surface area contributed by atoms with Gasteiger partial charge in [0.25, 0.3) is 0 Å². The van der Waals surface area contributed by atoms with Crippen LogP contribution in [0.25, 0.3) is 0 Å². The normalized spacial score (nSPS) is 14.6. The van der Waals surface area contributed by atoms with Crippen LogP contribution in [0.3, 0.4) is 0 Å². The fraction of sp³-hybridized carbons (Fsp3) is 0.333. The number of pyridine rings is 1. The molecule has 1 saturated heterocycles. The molecule has 0 unspecified atom stereocenters. The van der Waals surface area contributed by atoms with Crippen molar-refractivity contribution in [3.05, 3.63) is 52.7 Å². The van der Waals surface area contributed by atoms with Crippen molar-refractivity contribution in [3.63, 3.8) is 0 Å².